The molecule has 0 spiro atoms. The number of amides is 2. The average Bonchev–Trinajstić information content (AvgIpc) is 3.02. The van der Waals surface area contributed by atoms with E-state index in [2.05, 4.69) is 26.8 Å². The lowest BCUT2D eigenvalue weighted by Gasteiger charge is -2.15. The maximum absolute atomic E-state index is 12.0. The molecule has 2 aromatic rings. The van der Waals surface area contributed by atoms with Crippen molar-refractivity contribution in [2.75, 3.05) is 0 Å². The molecule has 1 aromatic carbocycles. The van der Waals surface area contributed by atoms with Crippen LogP contribution in [0.25, 0.3) is 0 Å². The van der Waals surface area contributed by atoms with Crippen LogP contribution in [0.3, 0.4) is 0 Å². The molecule has 1 heterocycles. The number of benzene rings is 1. The summed E-state index contributed by atoms with van der Waals surface area (Å²) in [5.41, 5.74) is 4.60. The Balaban J connectivity index is 1.87. The summed E-state index contributed by atoms with van der Waals surface area (Å²) in [5, 5.41) is 0. The van der Waals surface area contributed by atoms with Crippen molar-refractivity contribution in [2.24, 2.45) is 0 Å². The van der Waals surface area contributed by atoms with Crippen LogP contribution in [-0.2, 0) is 4.79 Å². The predicted molar refractivity (Wildman–Crippen MR) is 94.2 cm³/mol. The Morgan fingerprint density at radius 2 is 1.83 bits per heavy atom. The zero-order chi connectivity index (χ0) is 17.7. The molecule has 1 aromatic heterocycles. The molecule has 0 unspecified atom stereocenters. The van der Waals surface area contributed by atoms with Crippen LogP contribution in [0.4, 0.5) is 0 Å². The Labute approximate surface area is 151 Å². The van der Waals surface area contributed by atoms with Gasteiger partial charge in [-0.1, -0.05) is 22.0 Å². The predicted octanol–water partition coefficient (Wildman–Crippen LogP) is 2.94. The monoisotopic (exact) mass is 410 g/mol. The summed E-state index contributed by atoms with van der Waals surface area (Å²) < 4.78 is 6.33. The van der Waals surface area contributed by atoms with E-state index in [1.165, 1.54) is 13.0 Å². The van der Waals surface area contributed by atoms with Crippen molar-refractivity contribution in [1.29, 1.82) is 0 Å². The lowest BCUT2D eigenvalue weighted by molar-refractivity contribution is -0.128. The molecule has 0 aliphatic carbocycles. The fourth-order valence-corrected chi connectivity index (χ4v) is 2.90. The number of carbonyl (C=O) groups is 3. The molecule has 0 aliphatic rings. The molecule has 0 saturated heterocycles. The summed E-state index contributed by atoms with van der Waals surface area (Å²) in [6.07, 6.45) is -0.796. The first-order valence-corrected chi connectivity index (χ1v) is 8.61. The van der Waals surface area contributed by atoms with Crippen molar-refractivity contribution in [1.82, 2.24) is 10.9 Å². The van der Waals surface area contributed by atoms with Gasteiger partial charge in [0.25, 0.3) is 11.8 Å². The zero-order valence-corrected chi connectivity index (χ0v) is 15.4. The van der Waals surface area contributed by atoms with Crippen LogP contribution in [-0.4, -0.2) is 23.7 Å². The summed E-state index contributed by atoms with van der Waals surface area (Å²) in [5.74, 6) is -0.566. The summed E-state index contributed by atoms with van der Waals surface area (Å²) in [6.45, 7) is 3.00. The van der Waals surface area contributed by atoms with E-state index in [-0.39, 0.29) is 5.78 Å². The van der Waals surface area contributed by atoms with Crippen molar-refractivity contribution >= 4 is 44.9 Å². The van der Waals surface area contributed by atoms with Gasteiger partial charge in [0.1, 0.15) is 5.75 Å². The van der Waals surface area contributed by atoms with Crippen molar-refractivity contribution in [3.05, 3.63) is 50.6 Å². The first kappa shape index (κ1) is 18.2. The molecule has 2 rings (SSSR count). The van der Waals surface area contributed by atoms with E-state index in [4.69, 9.17) is 4.74 Å². The van der Waals surface area contributed by atoms with Gasteiger partial charge in [-0.3, -0.25) is 25.2 Å². The number of ketones is 1. The molecule has 0 radical (unpaired) electrons. The first-order chi connectivity index (χ1) is 11.4. The fraction of sp³-hybridized carbons (Fsp3) is 0.188. The van der Waals surface area contributed by atoms with E-state index >= 15 is 0 Å². The molecule has 0 bridgehead atoms. The van der Waals surface area contributed by atoms with Crippen LogP contribution in [0.1, 0.15) is 33.2 Å². The van der Waals surface area contributed by atoms with Gasteiger partial charge in [0, 0.05) is 4.47 Å². The van der Waals surface area contributed by atoms with E-state index in [1.807, 2.05) is 6.07 Å². The van der Waals surface area contributed by atoms with Gasteiger partial charge in [0.2, 0.25) is 0 Å². The number of rotatable bonds is 5. The minimum Gasteiger partial charge on any atom is -0.481 e. The van der Waals surface area contributed by atoms with E-state index < -0.39 is 17.9 Å². The third-order valence-electron chi connectivity index (χ3n) is 2.95. The van der Waals surface area contributed by atoms with Crippen molar-refractivity contribution < 1.29 is 19.1 Å². The zero-order valence-electron chi connectivity index (χ0n) is 13.0. The number of hydrazine groups is 1. The summed E-state index contributed by atoms with van der Waals surface area (Å²) >= 11 is 4.38. The van der Waals surface area contributed by atoms with Crippen LogP contribution in [0.15, 0.2) is 40.9 Å². The number of carbonyl (C=O) groups excluding carboxylic acids is 3. The number of nitrogens with one attached hydrogen (secondary N) is 2. The Morgan fingerprint density at radius 3 is 2.46 bits per heavy atom. The van der Waals surface area contributed by atoms with E-state index in [1.54, 1.807) is 31.2 Å². The highest BCUT2D eigenvalue weighted by Gasteiger charge is 2.17. The van der Waals surface area contributed by atoms with Crippen LogP contribution in [0.2, 0.25) is 0 Å². The summed E-state index contributed by atoms with van der Waals surface area (Å²) in [6, 6.07) is 10.2. The Hall–Kier alpha value is -2.19. The van der Waals surface area contributed by atoms with Crippen molar-refractivity contribution in [2.45, 2.75) is 20.0 Å². The molecular formula is C16H15BrN2O4S. The Bertz CT molecular complexity index is 775. The van der Waals surface area contributed by atoms with Gasteiger partial charge in [-0.25, -0.2) is 0 Å². The maximum Gasteiger partial charge on any atom is 0.279 e. The topological polar surface area (TPSA) is 84.5 Å². The molecule has 0 fully saturated rings. The fourth-order valence-electron chi connectivity index (χ4n) is 1.73. The van der Waals surface area contributed by atoms with E-state index in [9.17, 15) is 14.4 Å². The normalized spacial score (nSPS) is 11.5. The highest BCUT2D eigenvalue weighted by molar-refractivity contribution is 9.10. The van der Waals surface area contributed by atoms with Gasteiger partial charge in [0.15, 0.2) is 11.9 Å². The highest BCUT2D eigenvalue weighted by Crippen LogP contribution is 2.19. The second-order valence-corrected chi connectivity index (χ2v) is 6.88. The molecule has 0 aliphatic heterocycles. The molecule has 0 saturated carbocycles. The van der Waals surface area contributed by atoms with Crippen molar-refractivity contribution in [3.8, 4) is 5.75 Å². The minimum absolute atomic E-state index is 0.112. The largest absolute Gasteiger partial charge is 0.481 e. The number of Topliss-reactive ketones (excluding diaryl/α,β-unsaturated/α-hetero) is 1. The molecule has 1 atom stereocenters. The second kappa shape index (κ2) is 8.07. The maximum atomic E-state index is 12.0. The Morgan fingerprint density at radius 1 is 1.12 bits per heavy atom. The lowest BCUT2D eigenvalue weighted by atomic mass is 10.3. The minimum atomic E-state index is -0.796. The average molecular weight is 411 g/mol. The molecular weight excluding hydrogens is 396 g/mol. The summed E-state index contributed by atoms with van der Waals surface area (Å²) in [7, 11) is 0. The van der Waals surface area contributed by atoms with Gasteiger partial charge in [-0.2, -0.15) is 0 Å². The number of thiophene rings is 1. The molecule has 6 nitrogen and oxygen atoms in total. The van der Waals surface area contributed by atoms with Crippen LogP contribution in [0.5, 0.6) is 5.75 Å². The first-order valence-electron chi connectivity index (χ1n) is 7.00. The molecule has 2 N–H and O–H groups in total. The second-order valence-electron chi connectivity index (χ2n) is 4.88. The van der Waals surface area contributed by atoms with Gasteiger partial charge in [0.05, 0.1) is 9.75 Å². The van der Waals surface area contributed by atoms with E-state index in [0.29, 0.717) is 15.5 Å². The number of hydrogen-bond acceptors (Lipinski definition) is 5. The van der Waals surface area contributed by atoms with Gasteiger partial charge >= 0.3 is 0 Å². The van der Waals surface area contributed by atoms with Gasteiger partial charge in [-0.15, -0.1) is 11.3 Å². The number of ether oxygens (including phenoxy) is 1. The van der Waals surface area contributed by atoms with Gasteiger partial charge < -0.3 is 4.74 Å². The summed E-state index contributed by atoms with van der Waals surface area (Å²) in [4.78, 5) is 35.9. The Kier molecular flexibility index (Phi) is 6.10. The van der Waals surface area contributed by atoms with Crippen LogP contribution in [0, 0.1) is 0 Å². The number of halogens is 1. The third kappa shape index (κ3) is 4.90. The highest BCUT2D eigenvalue weighted by atomic mass is 79.9. The third-order valence-corrected chi connectivity index (χ3v) is 4.63. The molecule has 24 heavy (non-hydrogen) atoms. The SMILES string of the molecule is CC(=O)c1ccc(C(=O)NNC(=O)[C@H](C)Oc2cccc(Br)c2)s1. The molecule has 126 valence electrons. The number of hydrogen-bond donors (Lipinski definition) is 2. The molecule has 8 heteroatoms. The quantitative estimate of drug-likeness (QED) is 0.586. The standard InChI is InChI=1S/C16H15BrN2O4S/c1-9(20)13-6-7-14(24-13)16(22)19-18-15(21)10(2)23-12-5-3-4-11(17)8-12/h3-8,10H,1-2H3,(H,18,21)(H,19,22)/t10-/m0/s1. The van der Waals surface area contributed by atoms with Crippen LogP contribution >= 0.6 is 27.3 Å². The smallest absolute Gasteiger partial charge is 0.279 e. The lowest BCUT2D eigenvalue weighted by Crippen LogP contribution is -2.47. The van der Waals surface area contributed by atoms with Crippen LogP contribution < -0.4 is 15.6 Å². The van der Waals surface area contributed by atoms with Gasteiger partial charge in [-0.05, 0) is 44.2 Å². The van der Waals surface area contributed by atoms with Crippen molar-refractivity contribution in [3.63, 3.8) is 0 Å². The molecule has 2 amide bonds. The van der Waals surface area contributed by atoms with E-state index in [0.717, 1.165) is 15.8 Å².